The molecule has 0 saturated carbocycles. The van der Waals surface area contributed by atoms with Crippen LogP contribution >= 0.6 is 11.8 Å². The summed E-state index contributed by atoms with van der Waals surface area (Å²) in [6.45, 7) is 0.211. The highest BCUT2D eigenvalue weighted by molar-refractivity contribution is 7.99. The van der Waals surface area contributed by atoms with Crippen LogP contribution in [-0.4, -0.2) is 40.9 Å². The van der Waals surface area contributed by atoms with Crippen molar-refractivity contribution in [2.45, 2.75) is 12.3 Å². The molecule has 146 valence electrons. The minimum Gasteiger partial charge on any atom is -0.497 e. The van der Waals surface area contributed by atoms with Crippen molar-refractivity contribution < 1.29 is 18.4 Å². The second-order valence-electron chi connectivity index (χ2n) is 6.07. The number of aromatic nitrogens is 2. The summed E-state index contributed by atoms with van der Waals surface area (Å²) >= 11 is 1.36. The lowest BCUT2D eigenvalue weighted by Gasteiger charge is -2.14. The molecule has 1 aromatic heterocycles. The Bertz CT molecular complexity index is 930. The van der Waals surface area contributed by atoms with Gasteiger partial charge in [0.25, 0.3) is 0 Å². The number of thioether (sulfide) groups is 1. The van der Waals surface area contributed by atoms with Gasteiger partial charge in [0.15, 0.2) is 0 Å². The second-order valence-corrected chi connectivity index (χ2v) is 7.06. The fraction of sp³-hybridized carbons (Fsp3) is 0.250. The number of amides is 1. The molecule has 0 radical (unpaired) electrons. The van der Waals surface area contributed by atoms with Crippen LogP contribution in [0.5, 0.6) is 5.75 Å². The standard InChI is InChI=1S/C20H20FN3O3S/c1-24(19(25)13-28-12-15-5-3-4-6-17(15)21)11-18-22-20(23-27-18)14-7-9-16(26-2)10-8-14/h3-10H,11-13H2,1-2H3. The lowest BCUT2D eigenvalue weighted by Crippen LogP contribution is -2.28. The molecule has 0 spiro atoms. The summed E-state index contributed by atoms with van der Waals surface area (Å²) in [7, 11) is 3.27. The summed E-state index contributed by atoms with van der Waals surface area (Å²) in [5.41, 5.74) is 1.38. The normalized spacial score (nSPS) is 10.7. The summed E-state index contributed by atoms with van der Waals surface area (Å²) in [4.78, 5) is 18.1. The first kappa shape index (κ1) is 19.9. The molecule has 3 rings (SSSR count). The summed E-state index contributed by atoms with van der Waals surface area (Å²) in [6.07, 6.45) is 0. The fourth-order valence-electron chi connectivity index (χ4n) is 2.44. The van der Waals surface area contributed by atoms with Gasteiger partial charge in [0.2, 0.25) is 17.6 Å². The molecular formula is C20H20FN3O3S. The molecule has 0 fully saturated rings. The average molecular weight is 401 g/mol. The third kappa shape index (κ3) is 5.10. The number of carbonyl (C=O) groups excluding carboxylic acids is 1. The average Bonchev–Trinajstić information content (AvgIpc) is 3.18. The van der Waals surface area contributed by atoms with Gasteiger partial charge in [0.05, 0.1) is 19.4 Å². The molecule has 0 N–H and O–H groups in total. The van der Waals surface area contributed by atoms with Crippen LogP contribution in [0.15, 0.2) is 53.1 Å². The maximum absolute atomic E-state index is 13.6. The van der Waals surface area contributed by atoms with Gasteiger partial charge in [-0.15, -0.1) is 11.8 Å². The Kier molecular flexibility index (Phi) is 6.65. The topological polar surface area (TPSA) is 68.5 Å². The first-order valence-electron chi connectivity index (χ1n) is 8.59. The Morgan fingerprint density at radius 1 is 1.21 bits per heavy atom. The van der Waals surface area contributed by atoms with E-state index < -0.39 is 0 Å². The van der Waals surface area contributed by atoms with E-state index in [2.05, 4.69) is 10.1 Å². The van der Waals surface area contributed by atoms with Crippen molar-refractivity contribution in [2.75, 3.05) is 19.9 Å². The number of methoxy groups -OCH3 is 1. The predicted molar refractivity (Wildman–Crippen MR) is 105 cm³/mol. The first-order valence-corrected chi connectivity index (χ1v) is 9.74. The molecule has 3 aromatic rings. The van der Waals surface area contributed by atoms with Gasteiger partial charge >= 0.3 is 0 Å². The molecule has 0 atom stereocenters. The molecule has 2 aromatic carbocycles. The van der Waals surface area contributed by atoms with E-state index in [0.29, 0.717) is 23.0 Å². The van der Waals surface area contributed by atoms with E-state index in [1.54, 1.807) is 32.4 Å². The van der Waals surface area contributed by atoms with Gasteiger partial charge < -0.3 is 14.2 Å². The molecule has 1 heterocycles. The number of ether oxygens (including phenoxy) is 1. The molecule has 28 heavy (non-hydrogen) atoms. The quantitative estimate of drug-likeness (QED) is 0.572. The van der Waals surface area contributed by atoms with Crippen LogP contribution in [0.3, 0.4) is 0 Å². The number of benzene rings is 2. The molecule has 0 bridgehead atoms. The van der Waals surface area contributed by atoms with Crippen LogP contribution in [0, 0.1) is 5.82 Å². The van der Waals surface area contributed by atoms with Crippen LogP contribution < -0.4 is 4.74 Å². The lowest BCUT2D eigenvalue weighted by molar-refractivity contribution is -0.127. The summed E-state index contributed by atoms with van der Waals surface area (Å²) in [6, 6.07) is 13.9. The van der Waals surface area contributed by atoms with E-state index in [1.165, 1.54) is 22.7 Å². The third-order valence-corrected chi connectivity index (χ3v) is 5.02. The highest BCUT2D eigenvalue weighted by Gasteiger charge is 2.15. The van der Waals surface area contributed by atoms with Crippen molar-refractivity contribution in [3.8, 4) is 17.1 Å². The molecule has 0 unspecified atom stereocenters. The Morgan fingerprint density at radius 3 is 2.68 bits per heavy atom. The van der Waals surface area contributed by atoms with E-state index in [9.17, 15) is 9.18 Å². The van der Waals surface area contributed by atoms with Gasteiger partial charge in [-0.3, -0.25) is 4.79 Å². The van der Waals surface area contributed by atoms with Crippen LogP contribution in [0.25, 0.3) is 11.4 Å². The second kappa shape index (κ2) is 9.36. The molecule has 6 nitrogen and oxygen atoms in total. The number of carbonyl (C=O) groups is 1. The highest BCUT2D eigenvalue weighted by atomic mass is 32.2. The summed E-state index contributed by atoms with van der Waals surface area (Å²) < 4.78 is 24.0. The summed E-state index contributed by atoms with van der Waals surface area (Å²) in [5, 5.41) is 3.95. The monoisotopic (exact) mass is 401 g/mol. The van der Waals surface area contributed by atoms with Crippen LogP contribution in [0.4, 0.5) is 4.39 Å². The first-order chi connectivity index (χ1) is 13.6. The third-order valence-electron chi connectivity index (χ3n) is 4.06. The van der Waals surface area contributed by atoms with Gasteiger partial charge in [-0.25, -0.2) is 4.39 Å². The van der Waals surface area contributed by atoms with Crippen LogP contribution in [-0.2, 0) is 17.1 Å². The molecular weight excluding hydrogens is 381 g/mol. The van der Waals surface area contributed by atoms with Gasteiger partial charge in [-0.2, -0.15) is 4.98 Å². The SMILES string of the molecule is COc1ccc(-c2noc(CN(C)C(=O)CSCc3ccccc3F)n2)cc1. The van der Waals surface area contributed by atoms with Crippen molar-refractivity contribution in [1.82, 2.24) is 15.0 Å². The summed E-state index contributed by atoms with van der Waals surface area (Å²) in [5.74, 6) is 1.87. The highest BCUT2D eigenvalue weighted by Crippen LogP contribution is 2.20. The van der Waals surface area contributed by atoms with E-state index in [-0.39, 0.29) is 24.0 Å². The Labute approximate surface area is 166 Å². The molecule has 0 saturated heterocycles. The number of hydrogen-bond donors (Lipinski definition) is 0. The zero-order valence-corrected chi connectivity index (χ0v) is 16.4. The fourth-order valence-corrected chi connectivity index (χ4v) is 3.39. The van der Waals surface area contributed by atoms with Crippen LogP contribution in [0.1, 0.15) is 11.5 Å². The van der Waals surface area contributed by atoms with Crippen molar-refractivity contribution in [1.29, 1.82) is 0 Å². The number of nitrogens with zero attached hydrogens (tertiary/aromatic N) is 3. The maximum atomic E-state index is 13.6. The molecule has 0 aliphatic heterocycles. The maximum Gasteiger partial charge on any atom is 0.246 e. The van der Waals surface area contributed by atoms with Gasteiger partial charge in [-0.1, -0.05) is 23.4 Å². The Balaban J connectivity index is 1.51. The number of hydrogen-bond acceptors (Lipinski definition) is 6. The van der Waals surface area contributed by atoms with E-state index >= 15 is 0 Å². The Hall–Kier alpha value is -2.87. The molecule has 1 amide bonds. The zero-order valence-electron chi connectivity index (χ0n) is 15.6. The minimum atomic E-state index is -0.257. The predicted octanol–water partition coefficient (Wildman–Crippen LogP) is 3.78. The zero-order chi connectivity index (χ0) is 19.9. The largest absolute Gasteiger partial charge is 0.497 e. The van der Waals surface area contributed by atoms with E-state index in [4.69, 9.17) is 9.26 Å². The van der Waals surface area contributed by atoms with Crippen molar-refractivity contribution in [2.24, 2.45) is 0 Å². The Morgan fingerprint density at radius 2 is 1.96 bits per heavy atom. The van der Waals surface area contributed by atoms with E-state index in [1.807, 2.05) is 24.3 Å². The van der Waals surface area contributed by atoms with Crippen molar-refractivity contribution in [3.63, 3.8) is 0 Å². The van der Waals surface area contributed by atoms with E-state index in [0.717, 1.165) is 11.3 Å². The minimum absolute atomic E-state index is 0.0921. The molecule has 8 heteroatoms. The number of rotatable bonds is 8. The van der Waals surface area contributed by atoms with Gasteiger partial charge in [0, 0.05) is 18.4 Å². The smallest absolute Gasteiger partial charge is 0.246 e. The van der Waals surface area contributed by atoms with Crippen LogP contribution in [0.2, 0.25) is 0 Å². The van der Waals surface area contributed by atoms with Gasteiger partial charge in [-0.05, 0) is 35.9 Å². The lowest BCUT2D eigenvalue weighted by atomic mass is 10.2. The molecule has 0 aliphatic rings. The molecule has 0 aliphatic carbocycles. The van der Waals surface area contributed by atoms with Gasteiger partial charge in [0.1, 0.15) is 11.6 Å². The number of halogens is 1. The van der Waals surface area contributed by atoms with Crippen molar-refractivity contribution in [3.05, 3.63) is 65.8 Å². The van der Waals surface area contributed by atoms with Crippen molar-refractivity contribution >= 4 is 17.7 Å².